The molecule has 3 fully saturated rings. The SMILES string of the molecule is CCCCNC(=O)[C@H]1N([C@H](CO)c2ccccc2)C(=O)[C@@H]2[C@@H](C(=O)OCC)[C@@H]3O[C@@]21CC3Br. The van der Waals surface area contributed by atoms with Crippen molar-refractivity contribution >= 4 is 33.7 Å². The minimum Gasteiger partial charge on any atom is -0.466 e. The summed E-state index contributed by atoms with van der Waals surface area (Å²) in [6, 6.07) is 7.44. The molecule has 9 heteroatoms. The lowest BCUT2D eigenvalue weighted by Gasteiger charge is -2.37. The van der Waals surface area contributed by atoms with E-state index in [-0.39, 0.29) is 29.9 Å². The largest absolute Gasteiger partial charge is 0.466 e. The molecule has 1 unspecified atom stereocenters. The average molecular weight is 523 g/mol. The number of benzene rings is 1. The summed E-state index contributed by atoms with van der Waals surface area (Å²) >= 11 is 3.62. The van der Waals surface area contributed by atoms with Crippen molar-refractivity contribution in [3.63, 3.8) is 0 Å². The molecule has 0 aromatic heterocycles. The number of aliphatic hydroxyl groups is 1. The first kappa shape index (κ1) is 24.2. The van der Waals surface area contributed by atoms with E-state index in [4.69, 9.17) is 9.47 Å². The number of esters is 1. The van der Waals surface area contributed by atoms with Crippen molar-refractivity contribution in [2.24, 2.45) is 11.8 Å². The molecule has 7 atom stereocenters. The van der Waals surface area contributed by atoms with Crippen molar-refractivity contribution < 1.29 is 29.0 Å². The molecule has 1 aromatic carbocycles. The molecule has 3 saturated heterocycles. The summed E-state index contributed by atoms with van der Waals surface area (Å²) in [5, 5.41) is 13.3. The first-order valence-corrected chi connectivity index (χ1v) is 12.6. The third kappa shape index (κ3) is 3.88. The summed E-state index contributed by atoms with van der Waals surface area (Å²) in [6.45, 7) is 4.06. The van der Waals surface area contributed by atoms with Crippen LogP contribution in [0.25, 0.3) is 0 Å². The lowest BCUT2D eigenvalue weighted by atomic mass is 9.70. The number of halogens is 1. The van der Waals surface area contributed by atoms with E-state index in [0.29, 0.717) is 18.5 Å². The maximum Gasteiger partial charge on any atom is 0.312 e. The number of carbonyl (C=O) groups is 3. The van der Waals surface area contributed by atoms with E-state index in [1.807, 2.05) is 37.3 Å². The highest BCUT2D eigenvalue weighted by Crippen LogP contribution is 2.61. The van der Waals surface area contributed by atoms with Crippen LogP contribution in [0.3, 0.4) is 0 Å². The Morgan fingerprint density at radius 2 is 2.06 bits per heavy atom. The Hall–Kier alpha value is -1.97. The van der Waals surface area contributed by atoms with Gasteiger partial charge in [-0.05, 0) is 25.3 Å². The van der Waals surface area contributed by atoms with Crippen LogP contribution in [0, 0.1) is 11.8 Å². The molecule has 4 rings (SSSR count). The van der Waals surface area contributed by atoms with Crippen molar-refractivity contribution in [1.29, 1.82) is 0 Å². The van der Waals surface area contributed by atoms with Gasteiger partial charge in [0.15, 0.2) is 0 Å². The minimum absolute atomic E-state index is 0.189. The first-order valence-electron chi connectivity index (χ1n) is 11.6. The van der Waals surface area contributed by atoms with Gasteiger partial charge in [-0.15, -0.1) is 0 Å². The molecule has 3 heterocycles. The summed E-state index contributed by atoms with van der Waals surface area (Å²) in [5.41, 5.74) is -0.444. The molecule has 1 spiro atoms. The van der Waals surface area contributed by atoms with Crippen LogP contribution in [-0.2, 0) is 23.9 Å². The fourth-order valence-electron chi connectivity index (χ4n) is 5.73. The van der Waals surface area contributed by atoms with E-state index in [1.54, 1.807) is 6.92 Å². The van der Waals surface area contributed by atoms with E-state index in [0.717, 1.165) is 12.8 Å². The highest BCUT2D eigenvalue weighted by Gasteiger charge is 2.77. The summed E-state index contributed by atoms with van der Waals surface area (Å²) in [6.07, 6.45) is 1.59. The zero-order valence-electron chi connectivity index (χ0n) is 18.9. The molecule has 0 saturated carbocycles. The molecule has 180 valence electrons. The highest BCUT2D eigenvalue weighted by molar-refractivity contribution is 9.09. The van der Waals surface area contributed by atoms with Gasteiger partial charge in [-0.25, -0.2) is 0 Å². The van der Waals surface area contributed by atoms with Crippen molar-refractivity contribution in [3.8, 4) is 0 Å². The van der Waals surface area contributed by atoms with Crippen LogP contribution in [-0.4, -0.2) is 70.1 Å². The quantitative estimate of drug-likeness (QED) is 0.291. The standard InChI is InChI=1S/C24H31BrN2O6/c1-3-5-11-26-21(29)20-24-12-15(25)19(33-24)17(23(31)32-4-2)18(24)22(30)27(20)16(13-28)14-9-7-6-8-10-14/h6-10,15-20,28H,3-5,11-13H2,1-2H3,(H,26,29)/t15?,16-,17-,18+,19-,20-,24+/m1/s1. The number of unbranched alkanes of at least 4 members (excludes halogenated alkanes) is 1. The molecule has 0 radical (unpaired) electrons. The van der Waals surface area contributed by atoms with Gasteiger partial charge in [0.1, 0.15) is 11.6 Å². The van der Waals surface area contributed by atoms with Gasteiger partial charge < -0.3 is 24.8 Å². The second-order valence-electron chi connectivity index (χ2n) is 8.91. The predicted octanol–water partition coefficient (Wildman–Crippen LogP) is 1.95. The molecule has 8 nitrogen and oxygen atoms in total. The summed E-state index contributed by atoms with van der Waals surface area (Å²) in [7, 11) is 0. The highest BCUT2D eigenvalue weighted by atomic mass is 79.9. The van der Waals surface area contributed by atoms with Crippen LogP contribution in [0.1, 0.15) is 44.7 Å². The van der Waals surface area contributed by atoms with Crippen molar-refractivity contribution in [2.45, 2.75) is 61.7 Å². The number of hydrogen-bond donors (Lipinski definition) is 2. The molecular formula is C24H31BrN2O6. The lowest BCUT2D eigenvalue weighted by molar-refractivity contribution is -0.155. The maximum atomic E-state index is 13.9. The van der Waals surface area contributed by atoms with Gasteiger partial charge >= 0.3 is 5.97 Å². The Morgan fingerprint density at radius 3 is 2.70 bits per heavy atom. The van der Waals surface area contributed by atoms with Crippen LogP contribution in [0.4, 0.5) is 0 Å². The molecule has 1 aromatic rings. The normalized spacial score (nSPS) is 33.2. The molecule has 33 heavy (non-hydrogen) atoms. The lowest BCUT2D eigenvalue weighted by Crippen LogP contribution is -2.56. The molecule has 0 aliphatic carbocycles. The zero-order valence-corrected chi connectivity index (χ0v) is 20.5. The number of fused-ring (bicyclic) bond motifs is 1. The number of ether oxygens (including phenoxy) is 2. The number of nitrogens with zero attached hydrogens (tertiary/aromatic N) is 1. The second kappa shape index (κ2) is 9.72. The van der Waals surface area contributed by atoms with Crippen LogP contribution >= 0.6 is 15.9 Å². The van der Waals surface area contributed by atoms with Crippen LogP contribution in [0.5, 0.6) is 0 Å². The third-order valence-electron chi connectivity index (χ3n) is 7.06. The molecule has 3 aliphatic rings. The number of aliphatic hydroxyl groups excluding tert-OH is 1. The average Bonchev–Trinajstić information content (AvgIpc) is 3.39. The third-order valence-corrected chi connectivity index (χ3v) is 7.90. The number of likely N-dealkylation sites (tertiary alicyclic amines) is 1. The Balaban J connectivity index is 1.78. The number of hydrogen-bond acceptors (Lipinski definition) is 6. The van der Waals surface area contributed by atoms with Gasteiger partial charge in [0, 0.05) is 11.4 Å². The van der Waals surface area contributed by atoms with Crippen LogP contribution in [0.15, 0.2) is 30.3 Å². The van der Waals surface area contributed by atoms with Crippen molar-refractivity contribution in [1.82, 2.24) is 10.2 Å². The van der Waals surface area contributed by atoms with E-state index in [1.165, 1.54) is 4.90 Å². The molecular weight excluding hydrogens is 492 g/mol. The van der Waals surface area contributed by atoms with E-state index < -0.39 is 41.6 Å². The smallest absolute Gasteiger partial charge is 0.312 e. The summed E-state index contributed by atoms with van der Waals surface area (Å²) in [4.78, 5) is 41.7. The number of nitrogens with one attached hydrogen (secondary N) is 1. The van der Waals surface area contributed by atoms with Gasteiger partial charge in [-0.1, -0.05) is 59.6 Å². The van der Waals surface area contributed by atoms with Crippen molar-refractivity contribution in [3.05, 3.63) is 35.9 Å². The summed E-state index contributed by atoms with van der Waals surface area (Å²) < 4.78 is 11.7. The van der Waals surface area contributed by atoms with Gasteiger partial charge in [0.25, 0.3) is 0 Å². The zero-order chi connectivity index (χ0) is 23.8. The van der Waals surface area contributed by atoms with Gasteiger partial charge in [0.2, 0.25) is 11.8 Å². The molecule has 2 bridgehead atoms. The minimum atomic E-state index is -1.16. The number of rotatable bonds is 9. The monoisotopic (exact) mass is 522 g/mol. The van der Waals surface area contributed by atoms with E-state index in [9.17, 15) is 19.5 Å². The Morgan fingerprint density at radius 1 is 1.33 bits per heavy atom. The van der Waals surface area contributed by atoms with Crippen LogP contribution in [0.2, 0.25) is 0 Å². The summed E-state index contributed by atoms with van der Waals surface area (Å²) in [5.74, 6) is -2.80. The second-order valence-corrected chi connectivity index (χ2v) is 10.1. The number of alkyl halides is 1. The number of amides is 2. The van der Waals surface area contributed by atoms with Gasteiger partial charge in [0.05, 0.1) is 37.2 Å². The molecule has 3 aliphatic heterocycles. The predicted molar refractivity (Wildman–Crippen MR) is 123 cm³/mol. The molecule has 2 N–H and O–H groups in total. The van der Waals surface area contributed by atoms with E-state index >= 15 is 0 Å². The van der Waals surface area contributed by atoms with Gasteiger partial charge in [-0.2, -0.15) is 0 Å². The first-order chi connectivity index (χ1) is 15.9. The molecule has 2 amide bonds. The fraction of sp³-hybridized carbons (Fsp3) is 0.625. The van der Waals surface area contributed by atoms with Gasteiger partial charge in [-0.3, -0.25) is 14.4 Å². The topological polar surface area (TPSA) is 105 Å². The Bertz CT molecular complexity index is 898. The number of carbonyl (C=O) groups excluding carboxylic acids is 3. The van der Waals surface area contributed by atoms with E-state index in [2.05, 4.69) is 21.2 Å². The fourth-order valence-corrected chi connectivity index (χ4v) is 6.67. The maximum absolute atomic E-state index is 13.9. The van der Waals surface area contributed by atoms with Crippen LogP contribution < -0.4 is 5.32 Å². The van der Waals surface area contributed by atoms with Crippen molar-refractivity contribution in [2.75, 3.05) is 19.8 Å². The Labute approximate surface area is 202 Å². The Kier molecular flexibility index (Phi) is 7.12.